The minimum atomic E-state index is -1.06. The summed E-state index contributed by atoms with van der Waals surface area (Å²) in [6.07, 6.45) is 11.1. The second-order valence-electron chi connectivity index (χ2n) is 14.4. The van der Waals surface area contributed by atoms with Crippen LogP contribution < -0.4 is 25.2 Å². The van der Waals surface area contributed by atoms with Crippen LogP contribution in [0.1, 0.15) is 61.0 Å². The van der Waals surface area contributed by atoms with Gasteiger partial charge in [0, 0.05) is 55.1 Å². The zero-order valence-corrected chi connectivity index (χ0v) is 29.3. The van der Waals surface area contributed by atoms with Gasteiger partial charge in [0.15, 0.2) is 11.5 Å². The highest BCUT2D eigenvalue weighted by Crippen LogP contribution is 2.41. The Hall–Kier alpha value is -5.20. The molecule has 0 spiro atoms. The van der Waals surface area contributed by atoms with E-state index in [-0.39, 0.29) is 30.7 Å². The van der Waals surface area contributed by atoms with Gasteiger partial charge in [-0.25, -0.2) is 0 Å². The molecule has 0 radical (unpaired) electrons. The van der Waals surface area contributed by atoms with Gasteiger partial charge in [-0.3, -0.25) is 9.59 Å². The van der Waals surface area contributed by atoms with Gasteiger partial charge in [0.2, 0.25) is 0 Å². The average Bonchev–Trinajstić information content (AvgIpc) is 3.67. The number of aliphatic hydroxyl groups is 1. The first-order chi connectivity index (χ1) is 25.3. The second kappa shape index (κ2) is 14.4. The van der Waals surface area contributed by atoms with E-state index in [4.69, 9.17) is 14.2 Å². The van der Waals surface area contributed by atoms with E-state index >= 15 is 0 Å². The van der Waals surface area contributed by atoms with Gasteiger partial charge < -0.3 is 39.1 Å². The number of nitrogens with zero attached hydrogens (tertiary/aromatic N) is 4. The lowest BCUT2D eigenvalue weighted by molar-refractivity contribution is -0.184. The molecule has 2 aromatic carbocycles. The normalized spacial score (nSPS) is 17.8. The Labute approximate surface area is 301 Å². The number of fused-ring (bicyclic) bond motifs is 1. The van der Waals surface area contributed by atoms with Crippen molar-refractivity contribution in [2.45, 2.75) is 56.6 Å². The summed E-state index contributed by atoms with van der Waals surface area (Å²) in [6, 6.07) is 19.0. The number of aromatic nitrogens is 4. The SMILES string of the molecule is Cn1cc(-c2cc(C3(O)COC3)ccc2Oc2ccc(OCC3CCN(c4ccc(C(=O)NC5CCCCC5)nn4)CC3)cc2)c2cc[nH]c2c1=O. The van der Waals surface area contributed by atoms with E-state index in [9.17, 15) is 14.7 Å². The molecule has 0 bridgehead atoms. The number of carbonyl (C=O) groups excluding carboxylic acids is 1. The summed E-state index contributed by atoms with van der Waals surface area (Å²) >= 11 is 0. The first-order valence-corrected chi connectivity index (χ1v) is 18.2. The van der Waals surface area contributed by atoms with Crippen LogP contribution in [0, 0.1) is 5.92 Å². The first-order valence-electron chi connectivity index (χ1n) is 18.2. The minimum Gasteiger partial charge on any atom is -0.493 e. The van der Waals surface area contributed by atoms with E-state index in [0.29, 0.717) is 35.2 Å². The number of aromatic amines is 1. The van der Waals surface area contributed by atoms with Gasteiger partial charge in [0.05, 0.1) is 19.8 Å². The molecule has 5 heterocycles. The number of aryl methyl sites for hydroxylation is 1. The van der Waals surface area contributed by atoms with E-state index in [1.807, 2.05) is 54.6 Å². The maximum Gasteiger partial charge on any atom is 0.274 e. The summed E-state index contributed by atoms with van der Waals surface area (Å²) in [7, 11) is 1.72. The van der Waals surface area contributed by atoms with Crippen LogP contribution in [0.15, 0.2) is 77.9 Å². The van der Waals surface area contributed by atoms with Crippen molar-refractivity contribution in [3.63, 3.8) is 0 Å². The van der Waals surface area contributed by atoms with Gasteiger partial charge in [0.25, 0.3) is 11.5 Å². The van der Waals surface area contributed by atoms with Crippen molar-refractivity contribution in [2.24, 2.45) is 13.0 Å². The second-order valence-corrected chi connectivity index (χ2v) is 14.4. The van der Waals surface area contributed by atoms with Crippen LogP contribution in [0.3, 0.4) is 0 Å². The zero-order chi connectivity index (χ0) is 35.7. The molecular weight excluding hydrogens is 660 g/mol. The Morgan fingerprint density at radius 1 is 0.962 bits per heavy atom. The number of amides is 1. The molecule has 3 fully saturated rings. The predicted molar refractivity (Wildman–Crippen MR) is 197 cm³/mol. The fourth-order valence-corrected chi connectivity index (χ4v) is 7.46. The molecule has 1 saturated carbocycles. The number of hydrogen-bond acceptors (Lipinski definition) is 9. The highest BCUT2D eigenvalue weighted by atomic mass is 16.5. The molecule has 3 aromatic heterocycles. The highest BCUT2D eigenvalue weighted by Gasteiger charge is 2.38. The fourth-order valence-electron chi connectivity index (χ4n) is 7.46. The largest absolute Gasteiger partial charge is 0.493 e. The van der Waals surface area contributed by atoms with Crippen molar-refractivity contribution in [3.8, 4) is 28.4 Å². The molecule has 2 aliphatic heterocycles. The van der Waals surface area contributed by atoms with Crippen LogP contribution >= 0.6 is 0 Å². The first kappa shape index (κ1) is 33.9. The van der Waals surface area contributed by atoms with Crippen molar-refractivity contribution >= 4 is 22.6 Å². The number of pyridine rings is 1. The number of nitrogens with one attached hydrogen (secondary N) is 2. The van der Waals surface area contributed by atoms with Crippen molar-refractivity contribution in [1.29, 1.82) is 0 Å². The molecule has 2 saturated heterocycles. The standard InChI is InChI=1S/C40H44N6O6/c1-45-22-33(31-15-18-41-37(31)39(45)48)32-21-27(40(49)24-50-25-40)7-13-35(32)52-30-10-8-29(9-11-30)51-23-26-16-19-46(20-17-26)36-14-12-34(43-44-36)38(47)42-28-5-3-2-4-6-28/h7-15,18,21-22,26,28,41,49H,2-6,16-17,19-20,23-25H2,1H3,(H,42,47). The molecule has 3 N–H and O–H groups in total. The lowest BCUT2D eigenvalue weighted by atomic mass is 9.89. The monoisotopic (exact) mass is 704 g/mol. The van der Waals surface area contributed by atoms with E-state index in [1.54, 1.807) is 30.1 Å². The Morgan fingerprint density at radius 3 is 2.44 bits per heavy atom. The molecule has 12 nitrogen and oxygen atoms in total. The van der Waals surface area contributed by atoms with E-state index in [1.165, 1.54) is 19.3 Å². The molecule has 1 amide bonds. The van der Waals surface area contributed by atoms with E-state index in [2.05, 4.69) is 25.4 Å². The van der Waals surface area contributed by atoms with Gasteiger partial charge in [-0.1, -0.05) is 25.3 Å². The molecular formula is C40H44N6O6. The third kappa shape index (κ3) is 7.00. The summed E-state index contributed by atoms with van der Waals surface area (Å²) in [5, 5.41) is 23.6. The maximum atomic E-state index is 12.8. The Balaban J connectivity index is 0.880. The molecule has 1 aliphatic carbocycles. The number of hydrogen-bond donors (Lipinski definition) is 3. The van der Waals surface area contributed by atoms with Crippen LogP contribution in [0.25, 0.3) is 22.0 Å². The molecule has 270 valence electrons. The topological polar surface area (TPSA) is 144 Å². The number of anilines is 1. The Morgan fingerprint density at radius 2 is 1.73 bits per heavy atom. The van der Waals surface area contributed by atoms with Crippen LogP contribution in [-0.2, 0) is 17.4 Å². The molecule has 52 heavy (non-hydrogen) atoms. The van der Waals surface area contributed by atoms with Gasteiger partial charge >= 0.3 is 0 Å². The van der Waals surface area contributed by atoms with Gasteiger partial charge in [0.1, 0.15) is 28.4 Å². The number of ether oxygens (including phenoxy) is 3. The van der Waals surface area contributed by atoms with Gasteiger partial charge in [-0.05, 0) is 91.8 Å². The maximum absolute atomic E-state index is 12.8. The lowest BCUT2D eigenvalue weighted by Gasteiger charge is -2.37. The number of benzene rings is 2. The molecule has 5 aromatic rings. The fraction of sp³-hybridized carbons (Fsp3) is 0.400. The molecule has 0 unspecified atom stereocenters. The van der Waals surface area contributed by atoms with Crippen molar-refractivity contribution < 1.29 is 24.1 Å². The number of carbonyl (C=O) groups is 1. The zero-order valence-electron chi connectivity index (χ0n) is 29.3. The summed E-state index contributed by atoms with van der Waals surface area (Å²) in [5.74, 6) is 3.05. The smallest absolute Gasteiger partial charge is 0.274 e. The summed E-state index contributed by atoms with van der Waals surface area (Å²) in [5.41, 5.74) is 1.99. The summed E-state index contributed by atoms with van der Waals surface area (Å²) < 4.78 is 19.5. The number of H-pyrrole nitrogens is 1. The van der Waals surface area contributed by atoms with E-state index in [0.717, 1.165) is 72.4 Å². The van der Waals surface area contributed by atoms with Crippen LogP contribution in [0.2, 0.25) is 0 Å². The van der Waals surface area contributed by atoms with Crippen molar-refractivity contribution in [2.75, 3.05) is 37.8 Å². The van der Waals surface area contributed by atoms with Crippen LogP contribution in [0.5, 0.6) is 17.2 Å². The molecule has 0 atom stereocenters. The van der Waals surface area contributed by atoms with Crippen molar-refractivity contribution in [3.05, 3.63) is 94.7 Å². The Kier molecular flexibility index (Phi) is 9.42. The predicted octanol–water partition coefficient (Wildman–Crippen LogP) is 5.69. The third-order valence-corrected chi connectivity index (χ3v) is 10.7. The van der Waals surface area contributed by atoms with Gasteiger partial charge in [-0.15, -0.1) is 10.2 Å². The number of piperidine rings is 1. The minimum absolute atomic E-state index is 0.120. The molecule has 3 aliphatic rings. The van der Waals surface area contributed by atoms with Crippen molar-refractivity contribution in [1.82, 2.24) is 25.1 Å². The van der Waals surface area contributed by atoms with Crippen LogP contribution in [-0.4, -0.2) is 69.7 Å². The molecule has 12 heteroatoms. The Bertz CT molecular complexity index is 2090. The lowest BCUT2D eigenvalue weighted by Crippen LogP contribution is -2.46. The molecule has 8 rings (SSSR count). The highest BCUT2D eigenvalue weighted by molar-refractivity contribution is 5.96. The van der Waals surface area contributed by atoms with Gasteiger partial charge in [-0.2, -0.15) is 0 Å². The van der Waals surface area contributed by atoms with E-state index < -0.39 is 5.60 Å². The summed E-state index contributed by atoms with van der Waals surface area (Å²) in [6.45, 7) is 2.75. The van der Waals surface area contributed by atoms with Crippen LogP contribution in [0.4, 0.5) is 5.82 Å². The third-order valence-electron chi connectivity index (χ3n) is 10.7. The summed E-state index contributed by atoms with van der Waals surface area (Å²) in [4.78, 5) is 30.7. The quantitative estimate of drug-likeness (QED) is 0.167. The number of rotatable bonds is 10. The average molecular weight is 705 g/mol.